The molecule has 0 aliphatic heterocycles. The van der Waals surface area contributed by atoms with E-state index in [9.17, 15) is 0 Å². The van der Waals surface area contributed by atoms with Crippen molar-refractivity contribution in [3.8, 4) is 11.1 Å². The Balaban J connectivity index is 2.26. The van der Waals surface area contributed by atoms with Gasteiger partial charge in [0.25, 0.3) is 0 Å². The fourth-order valence-corrected chi connectivity index (χ4v) is 2.98. The highest BCUT2D eigenvalue weighted by molar-refractivity contribution is 7.17. The SMILES string of the molecule is Nc1cc(-c2cccc3ccsc23)ccc1Cl. The number of anilines is 1. The number of hydrogen-bond donors (Lipinski definition) is 1. The number of thiophene rings is 1. The van der Waals surface area contributed by atoms with Crippen LogP contribution in [0, 0.1) is 0 Å². The average molecular weight is 260 g/mol. The summed E-state index contributed by atoms with van der Waals surface area (Å²) in [6.07, 6.45) is 0. The van der Waals surface area contributed by atoms with Crippen molar-refractivity contribution in [1.82, 2.24) is 0 Å². The molecule has 0 fully saturated rings. The summed E-state index contributed by atoms with van der Waals surface area (Å²) in [6.45, 7) is 0. The first-order valence-corrected chi connectivity index (χ1v) is 6.53. The summed E-state index contributed by atoms with van der Waals surface area (Å²) in [5.41, 5.74) is 8.79. The minimum Gasteiger partial charge on any atom is -0.398 e. The lowest BCUT2D eigenvalue weighted by Crippen LogP contribution is -1.87. The summed E-state index contributed by atoms with van der Waals surface area (Å²) in [5, 5.41) is 3.97. The Hall–Kier alpha value is -1.51. The van der Waals surface area contributed by atoms with E-state index in [-0.39, 0.29) is 0 Å². The van der Waals surface area contributed by atoms with Gasteiger partial charge in [0.2, 0.25) is 0 Å². The van der Waals surface area contributed by atoms with Gasteiger partial charge in [0.05, 0.1) is 10.7 Å². The van der Waals surface area contributed by atoms with E-state index in [1.54, 1.807) is 11.3 Å². The van der Waals surface area contributed by atoms with Crippen LogP contribution in [0.3, 0.4) is 0 Å². The zero-order valence-corrected chi connectivity index (χ0v) is 10.6. The first-order chi connectivity index (χ1) is 8.25. The fraction of sp³-hybridized carbons (Fsp3) is 0. The van der Waals surface area contributed by atoms with Crippen molar-refractivity contribution in [2.45, 2.75) is 0 Å². The van der Waals surface area contributed by atoms with Gasteiger partial charge in [-0.2, -0.15) is 0 Å². The van der Waals surface area contributed by atoms with E-state index in [4.69, 9.17) is 17.3 Å². The predicted molar refractivity (Wildman–Crippen MR) is 76.7 cm³/mol. The average Bonchev–Trinajstić information content (AvgIpc) is 2.80. The van der Waals surface area contributed by atoms with Gasteiger partial charge in [0, 0.05) is 4.70 Å². The molecule has 1 nitrogen and oxygen atoms in total. The Labute approximate surface area is 108 Å². The molecule has 0 amide bonds. The van der Waals surface area contributed by atoms with Crippen LogP contribution in [-0.2, 0) is 0 Å². The van der Waals surface area contributed by atoms with Crippen molar-refractivity contribution in [2.24, 2.45) is 0 Å². The standard InChI is InChI=1S/C14H10ClNS/c15-12-5-4-10(8-13(12)16)11-3-1-2-9-6-7-17-14(9)11/h1-8H,16H2. The van der Waals surface area contributed by atoms with Crippen LogP contribution in [0.2, 0.25) is 5.02 Å². The Bertz CT molecular complexity index is 688. The van der Waals surface area contributed by atoms with E-state index in [2.05, 4.69) is 29.6 Å². The maximum atomic E-state index is 5.94. The normalized spacial score (nSPS) is 10.9. The molecule has 3 heteroatoms. The molecule has 2 aromatic carbocycles. The fourth-order valence-electron chi connectivity index (χ4n) is 1.93. The molecular formula is C14H10ClNS. The monoisotopic (exact) mass is 259 g/mol. The molecule has 0 aliphatic carbocycles. The highest BCUT2D eigenvalue weighted by Gasteiger charge is 2.06. The van der Waals surface area contributed by atoms with Gasteiger partial charge in [-0.1, -0.05) is 35.9 Å². The molecule has 1 aromatic heterocycles. The highest BCUT2D eigenvalue weighted by atomic mass is 35.5. The number of nitrogen functional groups attached to an aromatic ring is 1. The van der Waals surface area contributed by atoms with E-state index in [0.717, 1.165) is 5.56 Å². The van der Waals surface area contributed by atoms with Gasteiger partial charge in [0.1, 0.15) is 0 Å². The molecular weight excluding hydrogens is 250 g/mol. The molecule has 0 spiro atoms. The number of hydrogen-bond acceptors (Lipinski definition) is 2. The maximum Gasteiger partial charge on any atom is 0.0635 e. The molecule has 2 N–H and O–H groups in total. The van der Waals surface area contributed by atoms with E-state index < -0.39 is 0 Å². The quantitative estimate of drug-likeness (QED) is 0.624. The Morgan fingerprint density at radius 2 is 1.94 bits per heavy atom. The van der Waals surface area contributed by atoms with E-state index >= 15 is 0 Å². The molecule has 3 rings (SSSR count). The summed E-state index contributed by atoms with van der Waals surface area (Å²) in [4.78, 5) is 0. The van der Waals surface area contributed by atoms with Gasteiger partial charge < -0.3 is 5.73 Å². The molecule has 0 aliphatic rings. The largest absolute Gasteiger partial charge is 0.398 e. The lowest BCUT2D eigenvalue weighted by Gasteiger charge is -2.05. The Morgan fingerprint density at radius 1 is 1.06 bits per heavy atom. The second kappa shape index (κ2) is 4.06. The molecule has 0 atom stereocenters. The van der Waals surface area contributed by atoms with Crippen LogP contribution >= 0.6 is 22.9 Å². The van der Waals surface area contributed by atoms with Crippen molar-refractivity contribution in [3.05, 3.63) is 52.9 Å². The van der Waals surface area contributed by atoms with Gasteiger partial charge in [-0.3, -0.25) is 0 Å². The van der Waals surface area contributed by atoms with Gasteiger partial charge >= 0.3 is 0 Å². The number of benzene rings is 2. The molecule has 84 valence electrons. The second-order valence-corrected chi connectivity index (χ2v) is 5.20. The Morgan fingerprint density at radius 3 is 2.76 bits per heavy atom. The number of halogens is 1. The minimum atomic E-state index is 0.604. The molecule has 1 heterocycles. The lowest BCUT2D eigenvalue weighted by molar-refractivity contribution is 1.65. The van der Waals surface area contributed by atoms with Crippen molar-refractivity contribution >= 4 is 38.7 Å². The van der Waals surface area contributed by atoms with Gasteiger partial charge in [-0.15, -0.1) is 11.3 Å². The van der Waals surface area contributed by atoms with Crippen molar-refractivity contribution in [3.63, 3.8) is 0 Å². The topological polar surface area (TPSA) is 26.0 Å². The number of nitrogens with two attached hydrogens (primary N) is 1. The summed E-state index contributed by atoms with van der Waals surface area (Å²) in [7, 11) is 0. The highest BCUT2D eigenvalue weighted by Crippen LogP contribution is 2.34. The van der Waals surface area contributed by atoms with Crippen LogP contribution in [0.25, 0.3) is 21.2 Å². The number of fused-ring (bicyclic) bond motifs is 1. The van der Waals surface area contributed by atoms with Crippen LogP contribution in [0.4, 0.5) is 5.69 Å². The third-order valence-corrected chi connectivity index (χ3v) is 4.09. The van der Waals surface area contributed by atoms with Crippen LogP contribution in [0.1, 0.15) is 0 Å². The van der Waals surface area contributed by atoms with Crippen LogP contribution in [0.5, 0.6) is 0 Å². The molecule has 0 saturated heterocycles. The second-order valence-electron chi connectivity index (χ2n) is 3.88. The van der Waals surface area contributed by atoms with Gasteiger partial charge in [0.15, 0.2) is 0 Å². The van der Waals surface area contributed by atoms with Crippen molar-refractivity contribution in [2.75, 3.05) is 5.73 Å². The van der Waals surface area contributed by atoms with Crippen LogP contribution in [-0.4, -0.2) is 0 Å². The summed E-state index contributed by atoms with van der Waals surface area (Å²) in [5.74, 6) is 0. The summed E-state index contributed by atoms with van der Waals surface area (Å²) < 4.78 is 1.29. The lowest BCUT2D eigenvalue weighted by atomic mass is 10.0. The first-order valence-electron chi connectivity index (χ1n) is 5.27. The molecule has 3 aromatic rings. The predicted octanol–water partition coefficient (Wildman–Crippen LogP) is 4.80. The third kappa shape index (κ3) is 1.79. The zero-order valence-electron chi connectivity index (χ0n) is 8.98. The molecule has 0 radical (unpaired) electrons. The van der Waals surface area contributed by atoms with Crippen LogP contribution in [0.15, 0.2) is 47.8 Å². The smallest absolute Gasteiger partial charge is 0.0635 e. The molecule has 0 unspecified atom stereocenters. The third-order valence-electron chi connectivity index (χ3n) is 2.79. The van der Waals surface area contributed by atoms with E-state index in [1.807, 2.05) is 18.2 Å². The van der Waals surface area contributed by atoms with Crippen molar-refractivity contribution < 1.29 is 0 Å². The van der Waals surface area contributed by atoms with Crippen LogP contribution < -0.4 is 5.73 Å². The molecule has 0 bridgehead atoms. The summed E-state index contributed by atoms with van der Waals surface area (Å²) in [6, 6.07) is 14.2. The summed E-state index contributed by atoms with van der Waals surface area (Å²) >= 11 is 7.69. The minimum absolute atomic E-state index is 0.604. The first kappa shape index (κ1) is 10.6. The van der Waals surface area contributed by atoms with Gasteiger partial charge in [-0.05, 0) is 40.1 Å². The van der Waals surface area contributed by atoms with Gasteiger partial charge in [-0.25, -0.2) is 0 Å². The molecule has 0 saturated carbocycles. The van der Waals surface area contributed by atoms with E-state index in [1.165, 1.54) is 15.6 Å². The zero-order chi connectivity index (χ0) is 11.8. The molecule has 17 heavy (non-hydrogen) atoms. The van der Waals surface area contributed by atoms with E-state index in [0.29, 0.717) is 10.7 Å². The maximum absolute atomic E-state index is 5.94. The van der Waals surface area contributed by atoms with Crippen molar-refractivity contribution in [1.29, 1.82) is 0 Å². The number of rotatable bonds is 1. The Kier molecular flexibility index (Phi) is 2.54.